The molecule has 1 aromatic rings. The minimum absolute atomic E-state index is 0.265. The minimum Gasteiger partial charge on any atom is -0.486 e. The minimum atomic E-state index is -0.346. The quantitative estimate of drug-likeness (QED) is 0.536. The molecule has 70 valence electrons. The Morgan fingerprint density at radius 2 is 2.08 bits per heavy atom. The summed E-state index contributed by atoms with van der Waals surface area (Å²) in [5.74, 6) is 0.365. The molecule has 1 rings (SSSR count). The Kier molecular flexibility index (Phi) is 4.33. The van der Waals surface area contributed by atoms with Crippen molar-refractivity contribution in [2.75, 3.05) is 12.5 Å². The van der Waals surface area contributed by atoms with Crippen LogP contribution in [-0.2, 0) is 0 Å². The van der Waals surface area contributed by atoms with E-state index in [9.17, 15) is 4.39 Å². The van der Waals surface area contributed by atoms with Crippen LogP contribution < -0.4 is 4.74 Å². The highest BCUT2D eigenvalue weighted by molar-refractivity contribution is 6.18. The summed E-state index contributed by atoms with van der Waals surface area (Å²) in [7, 11) is 0. The summed E-state index contributed by atoms with van der Waals surface area (Å²) in [6.07, 6.45) is 3.50. The van der Waals surface area contributed by atoms with Crippen LogP contribution in [0.25, 0.3) is 0 Å². The third-order valence-corrected chi connectivity index (χ3v) is 1.61. The van der Waals surface area contributed by atoms with Gasteiger partial charge in [0, 0.05) is 5.88 Å². The third-order valence-electron chi connectivity index (χ3n) is 1.43. The van der Waals surface area contributed by atoms with E-state index in [1.165, 1.54) is 6.07 Å². The molecule has 0 unspecified atom stereocenters. The van der Waals surface area contributed by atoms with E-state index in [0.717, 1.165) is 0 Å². The molecule has 3 heteroatoms. The average molecular weight is 201 g/mol. The molecule has 13 heavy (non-hydrogen) atoms. The number of halogens is 2. The zero-order valence-corrected chi connectivity index (χ0v) is 7.80. The summed E-state index contributed by atoms with van der Waals surface area (Å²) >= 11 is 5.40. The van der Waals surface area contributed by atoms with Crippen molar-refractivity contribution in [3.63, 3.8) is 0 Å². The largest absolute Gasteiger partial charge is 0.486 e. The summed E-state index contributed by atoms with van der Waals surface area (Å²) in [4.78, 5) is 0. The van der Waals surface area contributed by atoms with Crippen LogP contribution in [0, 0.1) is 5.82 Å². The van der Waals surface area contributed by atoms with Crippen LogP contribution in [0.3, 0.4) is 0 Å². The second-order valence-corrected chi connectivity index (χ2v) is 2.68. The number of alkyl halides is 1. The molecule has 1 nitrogen and oxygen atoms in total. The maximum atomic E-state index is 12.9. The van der Waals surface area contributed by atoms with Crippen LogP contribution in [0.2, 0.25) is 0 Å². The maximum absolute atomic E-state index is 12.9. The van der Waals surface area contributed by atoms with Gasteiger partial charge >= 0.3 is 0 Å². The fraction of sp³-hybridized carbons (Fsp3) is 0.200. The zero-order valence-electron chi connectivity index (χ0n) is 7.04. The van der Waals surface area contributed by atoms with Gasteiger partial charge < -0.3 is 4.74 Å². The lowest BCUT2D eigenvalue weighted by molar-refractivity contribution is 0.341. The van der Waals surface area contributed by atoms with Crippen LogP contribution >= 0.6 is 11.6 Å². The SMILES string of the molecule is Fc1ccccc1OCC=CCCl. The predicted molar refractivity (Wildman–Crippen MR) is 51.8 cm³/mol. The van der Waals surface area contributed by atoms with Gasteiger partial charge in [0.25, 0.3) is 0 Å². The Morgan fingerprint density at radius 1 is 1.31 bits per heavy atom. The molecule has 0 saturated heterocycles. The first-order chi connectivity index (χ1) is 6.34. The van der Waals surface area contributed by atoms with Crippen LogP contribution in [-0.4, -0.2) is 12.5 Å². The Bertz CT molecular complexity index is 286. The number of hydrogen-bond donors (Lipinski definition) is 0. The van der Waals surface area contributed by atoms with Gasteiger partial charge in [0.15, 0.2) is 11.6 Å². The number of ether oxygens (including phenoxy) is 1. The molecule has 0 aliphatic rings. The van der Waals surface area contributed by atoms with Crippen molar-refractivity contribution in [2.24, 2.45) is 0 Å². The van der Waals surface area contributed by atoms with Gasteiger partial charge in [-0.25, -0.2) is 4.39 Å². The second kappa shape index (κ2) is 5.60. The lowest BCUT2D eigenvalue weighted by Crippen LogP contribution is -1.95. The van der Waals surface area contributed by atoms with Crippen molar-refractivity contribution in [2.45, 2.75) is 0 Å². The van der Waals surface area contributed by atoms with Crippen molar-refractivity contribution in [1.82, 2.24) is 0 Å². The Morgan fingerprint density at radius 3 is 2.77 bits per heavy atom. The summed E-state index contributed by atoms with van der Waals surface area (Å²) in [5.41, 5.74) is 0. The van der Waals surface area contributed by atoms with Crippen LogP contribution in [0.15, 0.2) is 36.4 Å². The number of allylic oxidation sites excluding steroid dienone is 1. The van der Waals surface area contributed by atoms with E-state index in [4.69, 9.17) is 16.3 Å². The van der Waals surface area contributed by atoms with Gasteiger partial charge in [-0.1, -0.05) is 24.3 Å². The van der Waals surface area contributed by atoms with E-state index < -0.39 is 0 Å². The van der Waals surface area contributed by atoms with E-state index in [2.05, 4.69) is 0 Å². The molecular formula is C10H10ClFO. The van der Waals surface area contributed by atoms with Crippen molar-refractivity contribution in [3.05, 3.63) is 42.2 Å². The number of hydrogen-bond acceptors (Lipinski definition) is 1. The third kappa shape index (κ3) is 3.47. The summed E-state index contributed by atoms with van der Waals surface area (Å²) in [6.45, 7) is 0.341. The van der Waals surface area contributed by atoms with E-state index in [0.29, 0.717) is 12.5 Å². The lowest BCUT2D eigenvalue weighted by atomic mass is 10.3. The van der Waals surface area contributed by atoms with E-state index >= 15 is 0 Å². The molecule has 0 saturated carbocycles. The zero-order chi connectivity index (χ0) is 9.52. The van der Waals surface area contributed by atoms with E-state index in [-0.39, 0.29) is 11.6 Å². The molecule has 1 aromatic carbocycles. The van der Waals surface area contributed by atoms with Crippen molar-refractivity contribution >= 4 is 11.6 Å². The highest BCUT2D eigenvalue weighted by Gasteiger charge is 1.98. The molecule has 0 aliphatic heterocycles. The second-order valence-electron chi connectivity index (χ2n) is 2.37. The molecule has 0 aromatic heterocycles. The summed E-state index contributed by atoms with van der Waals surface area (Å²) in [6, 6.07) is 6.30. The van der Waals surface area contributed by atoms with Gasteiger partial charge in [-0.05, 0) is 12.1 Å². The average Bonchev–Trinajstić information content (AvgIpc) is 2.15. The van der Waals surface area contributed by atoms with E-state index in [1.807, 2.05) is 0 Å². The first-order valence-corrected chi connectivity index (χ1v) is 4.46. The monoisotopic (exact) mass is 200 g/mol. The normalized spacial score (nSPS) is 10.6. The molecule has 0 amide bonds. The first-order valence-electron chi connectivity index (χ1n) is 3.93. The molecule has 0 radical (unpaired) electrons. The van der Waals surface area contributed by atoms with Gasteiger partial charge in [0.1, 0.15) is 6.61 Å². The Labute approximate surface area is 81.8 Å². The topological polar surface area (TPSA) is 9.23 Å². The van der Waals surface area contributed by atoms with Gasteiger partial charge in [0.2, 0.25) is 0 Å². The van der Waals surface area contributed by atoms with Gasteiger partial charge in [-0.3, -0.25) is 0 Å². The predicted octanol–water partition coefficient (Wildman–Crippen LogP) is 3.00. The highest BCUT2D eigenvalue weighted by atomic mass is 35.5. The van der Waals surface area contributed by atoms with Crippen LogP contribution in [0.5, 0.6) is 5.75 Å². The fourth-order valence-corrected chi connectivity index (χ4v) is 0.957. The highest BCUT2D eigenvalue weighted by Crippen LogP contribution is 2.14. The van der Waals surface area contributed by atoms with Crippen molar-refractivity contribution in [3.8, 4) is 5.75 Å². The molecule has 0 aliphatic carbocycles. The molecule has 0 atom stereocenters. The number of para-hydroxylation sites is 1. The Hall–Kier alpha value is -1.02. The van der Waals surface area contributed by atoms with Gasteiger partial charge in [-0.15, -0.1) is 11.6 Å². The molecule has 0 fully saturated rings. The van der Waals surface area contributed by atoms with Crippen LogP contribution in [0.1, 0.15) is 0 Å². The summed E-state index contributed by atoms with van der Waals surface area (Å²) < 4.78 is 18.0. The molecule has 0 spiro atoms. The molecule has 0 heterocycles. The standard InChI is InChI=1S/C10H10ClFO/c11-7-3-4-8-13-10-6-2-1-5-9(10)12/h1-6H,7-8H2. The molecule has 0 N–H and O–H groups in total. The molecular weight excluding hydrogens is 191 g/mol. The van der Waals surface area contributed by atoms with Gasteiger partial charge in [-0.2, -0.15) is 0 Å². The Balaban J connectivity index is 2.45. The summed E-state index contributed by atoms with van der Waals surface area (Å²) in [5, 5.41) is 0. The lowest BCUT2D eigenvalue weighted by Gasteiger charge is -2.02. The maximum Gasteiger partial charge on any atom is 0.165 e. The van der Waals surface area contributed by atoms with Gasteiger partial charge in [0.05, 0.1) is 0 Å². The fourth-order valence-electron chi connectivity index (χ4n) is 0.831. The van der Waals surface area contributed by atoms with Crippen molar-refractivity contribution < 1.29 is 9.13 Å². The van der Waals surface area contributed by atoms with E-state index in [1.54, 1.807) is 30.4 Å². The van der Waals surface area contributed by atoms with Crippen LogP contribution in [0.4, 0.5) is 4.39 Å². The number of rotatable bonds is 4. The van der Waals surface area contributed by atoms with Crippen molar-refractivity contribution in [1.29, 1.82) is 0 Å². The molecule has 0 bridgehead atoms. The smallest absolute Gasteiger partial charge is 0.165 e. The first kappa shape index (κ1) is 10.1. The number of benzene rings is 1.